The van der Waals surface area contributed by atoms with Crippen LogP contribution in [0, 0.1) is 0 Å². The van der Waals surface area contributed by atoms with Gasteiger partial charge in [-0.2, -0.15) is 0 Å². The highest BCUT2D eigenvalue weighted by molar-refractivity contribution is 6.99. The van der Waals surface area contributed by atoms with Crippen LogP contribution in [0.3, 0.4) is 0 Å². The molecule has 0 saturated heterocycles. The molecule has 6 heteroatoms. The van der Waals surface area contributed by atoms with Gasteiger partial charge in [-0.15, -0.1) is 0 Å². The Bertz CT molecular complexity index is 1150. The van der Waals surface area contributed by atoms with Gasteiger partial charge in [-0.1, -0.05) is 112 Å². The zero-order chi connectivity index (χ0) is 25.1. The summed E-state index contributed by atoms with van der Waals surface area (Å²) in [4.78, 5) is 0. The quantitative estimate of drug-likeness (QED) is 0.467. The molecular weight excluding hydrogens is 451 g/mol. The van der Waals surface area contributed by atoms with Gasteiger partial charge in [0, 0.05) is 5.56 Å². The highest BCUT2D eigenvalue weighted by Gasteiger charge is 2.50. The van der Waals surface area contributed by atoms with Gasteiger partial charge in [0.2, 0.25) is 0 Å². The summed E-state index contributed by atoms with van der Waals surface area (Å²) in [6.45, 7) is 11.2. The summed E-state index contributed by atoms with van der Waals surface area (Å²) in [6.07, 6.45) is 2.06. The van der Waals surface area contributed by atoms with Crippen molar-refractivity contribution in [2.75, 3.05) is 6.61 Å². The SMILES string of the molecule is C=C(CO[Si](c1ccccc1)(c1ccccc1)C(C)(C)C)C1=CCC(c2ccccc2O)OB1O. The second-order valence-electron chi connectivity index (χ2n) is 9.99. The molecule has 35 heavy (non-hydrogen) atoms. The van der Waals surface area contributed by atoms with Crippen LogP contribution in [0.15, 0.2) is 109 Å². The monoisotopic (exact) mass is 484 g/mol. The molecule has 1 heterocycles. The lowest BCUT2D eigenvalue weighted by Gasteiger charge is -2.43. The van der Waals surface area contributed by atoms with Gasteiger partial charge in [-0.05, 0) is 38.9 Å². The standard InChI is InChI=1S/C29H33BO4Si/c1-22(26-19-20-28(34-30(26)32)25-17-11-12-18-27(25)31)21-33-35(29(2,3)4,23-13-7-5-8-14-23)24-15-9-6-10-16-24/h5-19,28,31-32H,1,20-21H2,2-4H3. The van der Waals surface area contributed by atoms with E-state index in [-0.39, 0.29) is 17.4 Å². The first-order valence-corrected chi connectivity index (χ1v) is 13.9. The normalized spacial score (nSPS) is 16.6. The van der Waals surface area contributed by atoms with Crippen LogP contribution in [0.1, 0.15) is 38.9 Å². The van der Waals surface area contributed by atoms with Crippen LogP contribution < -0.4 is 10.4 Å². The molecule has 0 radical (unpaired) electrons. The summed E-state index contributed by atoms with van der Waals surface area (Å²) in [5, 5.41) is 23.2. The molecule has 0 aliphatic carbocycles. The van der Waals surface area contributed by atoms with Crippen molar-refractivity contribution in [1.29, 1.82) is 0 Å². The lowest BCUT2D eigenvalue weighted by molar-refractivity contribution is 0.164. The number of hydrogen-bond acceptors (Lipinski definition) is 4. The summed E-state index contributed by atoms with van der Waals surface area (Å²) >= 11 is 0. The van der Waals surface area contributed by atoms with Crippen LogP contribution in [-0.4, -0.2) is 32.2 Å². The number of benzene rings is 3. The van der Waals surface area contributed by atoms with Crippen LogP contribution in [0.2, 0.25) is 5.04 Å². The van der Waals surface area contributed by atoms with Gasteiger partial charge in [0.05, 0.1) is 12.7 Å². The molecule has 0 saturated carbocycles. The van der Waals surface area contributed by atoms with Crippen molar-refractivity contribution in [3.63, 3.8) is 0 Å². The fraction of sp³-hybridized carbons (Fsp3) is 0.241. The molecule has 180 valence electrons. The van der Waals surface area contributed by atoms with E-state index in [1.54, 1.807) is 12.1 Å². The van der Waals surface area contributed by atoms with Gasteiger partial charge < -0.3 is 19.2 Å². The van der Waals surface area contributed by atoms with Crippen LogP contribution in [0.25, 0.3) is 0 Å². The molecule has 1 atom stereocenters. The topological polar surface area (TPSA) is 58.9 Å². The summed E-state index contributed by atoms with van der Waals surface area (Å²) < 4.78 is 12.8. The molecule has 2 N–H and O–H groups in total. The molecule has 1 aliphatic rings. The third kappa shape index (κ3) is 5.07. The fourth-order valence-electron chi connectivity index (χ4n) is 4.94. The highest BCUT2D eigenvalue weighted by Crippen LogP contribution is 2.38. The molecule has 0 fully saturated rings. The number of para-hydroxylation sites is 1. The Balaban J connectivity index is 1.61. The zero-order valence-corrected chi connectivity index (χ0v) is 21.6. The van der Waals surface area contributed by atoms with Gasteiger partial charge in [0.15, 0.2) is 0 Å². The number of aromatic hydroxyl groups is 1. The molecular formula is C29H33BO4Si. The molecule has 1 aliphatic heterocycles. The maximum Gasteiger partial charge on any atom is 0.491 e. The lowest BCUT2D eigenvalue weighted by Crippen LogP contribution is -2.66. The fourth-order valence-corrected chi connectivity index (χ4v) is 9.48. The molecule has 3 aromatic rings. The van der Waals surface area contributed by atoms with Gasteiger partial charge in [0.25, 0.3) is 8.32 Å². The van der Waals surface area contributed by atoms with Crippen molar-refractivity contribution in [3.8, 4) is 5.75 Å². The Labute approximate surface area is 209 Å². The van der Waals surface area contributed by atoms with Crippen molar-refractivity contribution >= 4 is 25.8 Å². The van der Waals surface area contributed by atoms with Crippen LogP contribution in [-0.2, 0) is 9.08 Å². The maximum absolute atomic E-state index is 10.8. The lowest BCUT2D eigenvalue weighted by atomic mass is 9.71. The molecule has 4 rings (SSSR count). The van der Waals surface area contributed by atoms with Crippen LogP contribution in [0.5, 0.6) is 5.75 Å². The van der Waals surface area contributed by atoms with E-state index >= 15 is 0 Å². The van der Waals surface area contributed by atoms with E-state index in [1.165, 1.54) is 10.4 Å². The first-order chi connectivity index (χ1) is 16.7. The van der Waals surface area contributed by atoms with Gasteiger partial charge in [0.1, 0.15) is 5.75 Å². The molecule has 0 bridgehead atoms. The van der Waals surface area contributed by atoms with E-state index in [0.717, 1.165) is 0 Å². The van der Waals surface area contributed by atoms with E-state index in [2.05, 4.69) is 75.9 Å². The van der Waals surface area contributed by atoms with Crippen molar-refractivity contribution in [1.82, 2.24) is 0 Å². The molecule has 3 aromatic carbocycles. The predicted octanol–water partition coefficient (Wildman–Crippen LogP) is 4.93. The Hall–Kier alpha value is -2.90. The van der Waals surface area contributed by atoms with E-state index in [0.29, 0.717) is 23.0 Å². The highest BCUT2D eigenvalue weighted by atomic mass is 28.4. The van der Waals surface area contributed by atoms with E-state index in [1.807, 2.05) is 30.3 Å². The minimum Gasteiger partial charge on any atom is -0.508 e. The van der Waals surface area contributed by atoms with Crippen LogP contribution in [0.4, 0.5) is 0 Å². The van der Waals surface area contributed by atoms with Crippen molar-refractivity contribution in [3.05, 3.63) is 114 Å². The Kier molecular flexibility index (Phi) is 7.48. The first kappa shape index (κ1) is 25.2. The summed E-state index contributed by atoms with van der Waals surface area (Å²) in [5.41, 5.74) is 1.99. The number of hydrogen-bond donors (Lipinski definition) is 2. The molecule has 4 nitrogen and oxygen atoms in total. The van der Waals surface area contributed by atoms with Crippen molar-refractivity contribution in [2.45, 2.75) is 38.3 Å². The second-order valence-corrected chi connectivity index (χ2v) is 14.3. The zero-order valence-electron chi connectivity index (χ0n) is 20.6. The minimum atomic E-state index is -2.71. The average molecular weight is 484 g/mol. The first-order valence-electron chi connectivity index (χ1n) is 12.0. The van der Waals surface area contributed by atoms with Gasteiger partial charge in [-0.3, -0.25) is 0 Å². The van der Waals surface area contributed by atoms with Crippen molar-refractivity contribution in [2.24, 2.45) is 0 Å². The largest absolute Gasteiger partial charge is 0.508 e. The third-order valence-electron chi connectivity index (χ3n) is 6.68. The molecule has 0 aromatic heterocycles. The average Bonchev–Trinajstić information content (AvgIpc) is 2.85. The minimum absolute atomic E-state index is 0.151. The Morgan fingerprint density at radius 1 is 0.971 bits per heavy atom. The maximum atomic E-state index is 10.8. The second kappa shape index (κ2) is 10.4. The smallest absolute Gasteiger partial charge is 0.491 e. The van der Waals surface area contributed by atoms with E-state index < -0.39 is 21.5 Å². The van der Waals surface area contributed by atoms with Gasteiger partial charge in [-0.25, -0.2) is 0 Å². The summed E-state index contributed by atoms with van der Waals surface area (Å²) in [5.74, 6) is 0.162. The van der Waals surface area contributed by atoms with Crippen molar-refractivity contribution < 1.29 is 19.2 Å². The van der Waals surface area contributed by atoms with Crippen LogP contribution >= 0.6 is 0 Å². The Morgan fingerprint density at radius 3 is 2.03 bits per heavy atom. The number of phenols is 1. The molecule has 1 unspecified atom stereocenters. The predicted molar refractivity (Wildman–Crippen MR) is 145 cm³/mol. The van der Waals surface area contributed by atoms with E-state index in [9.17, 15) is 10.1 Å². The van der Waals surface area contributed by atoms with E-state index in [4.69, 9.17) is 9.08 Å². The summed E-state index contributed by atoms with van der Waals surface area (Å²) in [7, 11) is -3.85. The number of rotatable bonds is 7. The third-order valence-corrected chi connectivity index (χ3v) is 11.7. The Morgan fingerprint density at radius 2 is 1.51 bits per heavy atom. The summed E-state index contributed by atoms with van der Waals surface area (Å²) in [6, 6.07) is 28.0. The molecule has 0 amide bonds. The van der Waals surface area contributed by atoms with Gasteiger partial charge >= 0.3 is 7.12 Å². The molecule has 0 spiro atoms. The number of phenolic OH excluding ortho intramolecular Hbond substituents is 1.